The molecular formula is C8H10ClNO. The molecule has 1 aromatic rings. The van der Waals surface area contributed by atoms with Gasteiger partial charge < -0.3 is 10.4 Å². The van der Waals surface area contributed by atoms with Gasteiger partial charge in [-0.2, -0.15) is 0 Å². The lowest BCUT2D eigenvalue weighted by atomic mass is 10.2. The van der Waals surface area contributed by atoms with E-state index in [4.69, 9.17) is 11.6 Å². The van der Waals surface area contributed by atoms with Gasteiger partial charge in [0.25, 0.3) is 0 Å². The molecule has 0 unspecified atom stereocenters. The molecule has 11 heavy (non-hydrogen) atoms. The Hall–Kier alpha value is -0.890. The molecule has 0 aliphatic heterocycles. The van der Waals surface area contributed by atoms with Crippen LogP contribution < -0.4 is 5.32 Å². The number of benzene rings is 1. The minimum Gasteiger partial charge on any atom is -0.506 e. The Balaban J connectivity index is 3.25. The summed E-state index contributed by atoms with van der Waals surface area (Å²) in [6.45, 7) is 1.81. The third kappa shape index (κ3) is 1.40. The maximum atomic E-state index is 9.35. The number of phenols is 1. The van der Waals surface area contributed by atoms with Gasteiger partial charge in [0.05, 0.1) is 5.02 Å². The minimum atomic E-state index is 0.151. The van der Waals surface area contributed by atoms with Crippen LogP contribution in [-0.2, 0) is 0 Å². The van der Waals surface area contributed by atoms with Gasteiger partial charge in [0, 0.05) is 18.3 Å². The Labute approximate surface area is 70.8 Å². The van der Waals surface area contributed by atoms with Crippen molar-refractivity contribution < 1.29 is 5.11 Å². The van der Waals surface area contributed by atoms with Crippen molar-refractivity contribution in [3.8, 4) is 5.75 Å². The second-order valence-electron chi connectivity index (χ2n) is 2.32. The van der Waals surface area contributed by atoms with Gasteiger partial charge in [-0.3, -0.25) is 0 Å². The van der Waals surface area contributed by atoms with Crippen LogP contribution in [0.3, 0.4) is 0 Å². The van der Waals surface area contributed by atoms with E-state index in [1.54, 1.807) is 13.1 Å². The van der Waals surface area contributed by atoms with Crippen LogP contribution in [0.5, 0.6) is 5.75 Å². The highest BCUT2D eigenvalue weighted by Gasteiger charge is 2.04. The van der Waals surface area contributed by atoms with E-state index in [1.807, 2.05) is 13.0 Å². The summed E-state index contributed by atoms with van der Waals surface area (Å²) in [6, 6.07) is 3.49. The predicted octanol–water partition coefficient (Wildman–Crippen LogP) is 2.40. The molecule has 0 aliphatic carbocycles. The Kier molecular flexibility index (Phi) is 2.25. The van der Waals surface area contributed by atoms with E-state index in [1.165, 1.54) is 0 Å². The lowest BCUT2D eigenvalue weighted by Crippen LogP contribution is -1.91. The lowest BCUT2D eigenvalue weighted by molar-refractivity contribution is 0.472. The first-order valence-corrected chi connectivity index (χ1v) is 3.70. The van der Waals surface area contributed by atoms with E-state index in [9.17, 15) is 5.11 Å². The third-order valence-electron chi connectivity index (χ3n) is 1.65. The summed E-state index contributed by atoms with van der Waals surface area (Å²) in [6.07, 6.45) is 0. The van der Waals surface area contributed by atoms with Gasteiger partial charge in [0.1, 0.15) is 5.75 Å². The third-order valence-corrected chi connectivity index (χ3v) is 1.96. The first-order valence-electron chi connectivity index (χ1n) is 3.32. The largest absolute Gasteiger partial charge is 0.506 e. The van der Waals surface area contributed by atoms with Crippen LogP contribution in [0.4, 0.5) is 5.69 Å². The van der Waals surface area contributed by atoms with Crippen molar-refractivity contribution in [3.63, 3.8) is 0 Å². The summed E-state index contributed by atoms with van der Waals surface area (Å²) < 4.78 is 0. The van der Waals surface area contributed by atoms with E-state index in [0.717, 1.165) is 11.3 Å². The van der Waals surface area contributed by atoms with Gasteiger partial charge >= 0.3 is 0 Å². The molecule has 0 heterocycles. The summed E-state index contributed by atoms with van der Waals surface area (Å²) >= 11 is 5.67. The average molecular weight is 172 g/mol. The summed E-state index contributed by atoms with van der Waals surface area (Å²) in [5.41, 5.74) is 1.67. The monoisotopic (exact) mass is 171 g/mol. The lowest BCUT2D eigenvalue weighted by Gasteiger charge is -2.07. The number of halogens is 1. The molecular weight excluding hydrogens is 162 g/mol. The predicted molar refractivity (Wildman–Crippen MR) is 47.4 cm³/mol. The van der Waals surface area contributed by atoms with Gasteiger partial charge in [-0.25, -0.2) is 0 Å². The zero-order chi connectivity index (χ0) is 8.43. The van der Waals surface area contributed by atoms with Gasteiger partial charge in [-0.05, 0) is 19.1 Å². The number of phenolic OH excluding ortho intramolecular Hbond substituents is 1. The van der Waals surface area contributed by atoms with Crippen LogP contribution in [-0.4, -0.2) is 12.2 Å². The van der Waals surface area contributed by atoms with Gasteiger partial charge in [-0.1, -0.05) is 11.6 Å². The van der Waals surface area contributed by atoms with Crippen molar-refractivity contribution in [2.24, 2.45) is 0 Å². The first-order chi connectivity index (χ1) is 5.16. The zero-order valence-corrected chi connectivity index (χ0v) is 7.24. The highest BCUT2D eigenvalue weighted by atomic mass is 35.5. The topological polar surface area (TPSA) is 32.3 Å². The summed E-state index contributed by atoms with van der Waals surface area (Å²) in [5.74, 6) is 0.151. The van der Waals surface area contributed by atoms with Crippen molar-refractivity contribution in [2.75, 3.05) is 12.4 Å². The maximum Gasteiger partial charge on any atom is 0.139 e. The van der Waals surface area contributed by atoms with Crippen molar-refractivity contribution in [1.82, 2.24) is 0 Å². The fourth-order valence-electron chi connectivity index (χ4n) is 0.938. The molecule has 0 radical (unpaired) electrons. The van der Waals surface area contributed by atoms with E-state index in [0.29, 0.717) is 5.02 Å². The minimum absolute atomic E-state index is 0.151. The van der Waals surface area contributed by atoms with Crippen LogP contribution in [0.1, 0.15) is 5.56 Å². The van der Waals surface area contributed by atoms with Crippen LogP contribution in [0.2, 0.25) is 5.02 Å². The molecule has 0 bridgehead atoms. The Morgan fingerprint density at radius 3 is 2.64 bits per heavy atom. The Morgan fingerprint density at radius 2 is 2.09 bits per heavy atom. The van der Waals surface area contributed by atoms with Gasteiger partial charge in [0.2, 0.25) is 0 Å². The maximum absolute atomic E-state index is 9.35. The standard InChI is InChI=1S/C8H10ClNO/c1-5-7(10-2)4-3-6(9)8(5)11/h3-4,10-11H,1-2H3. The van der Waals surface area contributed by atoms with Crippen molar-refractivity contribution in [2.45, 2.75) is 6.92 Å². The highest BCUT2D eigenvalue weighted by Crippen LogP contribution is 2.31. The molecule has 3 heteroatoms. The number of anilines is 1. The van der Waals surface area contributed by atoms with Crippen LogP contribution >= 0.6 is 11.6 Å². The molecule has 0 saturated heterocycles. The molecule has 1 rings (SSSR count). The Bertz CT molecular complexity index is 273. The van der Waals surface area contributed by atoms with Crippen LogP contribution in [0.15, 0.2) is 12.1 Å². The molecule has 0 aliphatic rings. The Morgan fingerprint density at radius 1 is 1.45 bits per heavy atom. The molecule has 0 spiro atoms. The molecule has 0 atom stereocenters. The summed E-state index contributed by atoms with van der Waals surface area (Å²) in [5, 5.41) is 12.7. The van der Waals surface area contributed by atoms with Crippen molar-refractivity contribution in [3.05, 3.63) is 22.7 Å². The molecule has 1 aromatic carbocycles. The molecule has 0 saturated carbocycles. The summed E-state index contributed by atoms with van der Waals surface area (Å²) in [4.78, 5) is 0. The second-order valence-corrected chi connectivity index (χ2v) is 2.73. The number of hydrogen-bond donors (Lipinski definition) is 2. The van der Waals surface area contributed by atoms with Crippen molar-refractivity contribution in [1.29, 1.82) is 0 Å². The number of hydrogen-bond acceptors (Lipinski definition) is 2. The molecule has 60 valence electrons. The number of aromatic hydroxyl groups is 1. The molecule has 0 amide bonds. The zero-order valence-electron chi connectivity index (χ0n) is 6.48. The van der Waals surface area contributed by atoms with E-state index >= 15 is 0 Å². The number of nitrogens with one attached hydrogen (secondary N) is 1. The highest BCUT2D eigenvalue weighted by molar-refractivity contribution is 6.32. The quantitative estimate of drug-likeness (QED) is 0.680. The molecule has 0 fully saturated rings. The van der Waals surface area contributed by atoms with E-state index < -0.39 is 0 Å². The van der Waals surface area contributed by atoms with E-state index in [-0.39, 0.29) is 5.75 Å². The molecule has 2 N–H and O–H groups in total. The normalized spacial score (nSPS) is 9.73. The fraction of sp³-hybridized carbons (Fsp3) is 0.250. The van der Waals surface area contributed by atoms with Gasteiger partial charge in [-0.15, -0.1) is 0 Å². The fourth-order valence-corrected chi connectivity index (χ4v) is 1.14. The molecule has 2 nitrogen and oxygen atoms in total. The van der Waals surface area contributed by atoms with E-state index in [2.05, 4.69) is 5.32 Å². The second kappa shape index (κ2) is 3.01. The van der Waals surface area contributed by atoms with Crippen LogP contribution in [0.25, 0.3) is 0 Å². The van der Waals surface area contributed by atoms with Crippen molar-refractivity contribution >= 4 is 17.3 Å². The molecule has 0 aromatic heterocycles. The number of rotatable bonds is 1. The van der Waals surface area contributed by atoms with Gasteiger partial charge in [0.15, 0.2) is 0 Å². The first kappa shape index (κ1) is 8.21. The van der Waals surface area contributed by atoms with Crippen LogP contribution in [0, 0.1) is 6.92 Å². The smallest absolute Gasteiger partial charge is 0.139 e. The summed E-state index contributed by atoms with van der Waals surface area (Å²) in [7, 11) is 1.80. The SMILES string of the molecule is CNc1ccc(Cl)c(O)c1C. The average Bonchev–Trinajstić information content (AvgIpc) is 2.01.